The minimum Gasteiger partial charge on any atom is -0.461 e. The van der Waals surface area contributed by atoms with E-state index >= 15 is 0 Å². The molecule has 0 saturated carbocycles. The van der Waals surface area contributed by atoms with Crippen LogP contribution in [0.15, 0.2) is 30.5 Å². The first-order valence-electron chi connectivity index (χ1n) is 8.49. The summed E-state index contributed by atoms with van der Waals surface area (Å²) in [6, 6.07) is 3.60. The molecule has 1 unspecified atom stereocenters. The smallest absolute Gasteiger partial charge is 0.361 e. The highest BCUT2D eigenvalue weighted by Crippen LogP contribution is 2.28. The Morgan fingerprint density at radius 3 is 3.08 bits per heavy atom. The van der Waals surface area contributed by atoms with Crippen LogP contribution in [0.3, 0.4) is 0 Å². The first kappa shape index (κ1) is 17.7. The van der Waals surface area contributed by atoms with Crippen LogP contribution < -0.4 is 11.1 Å². The third kappa shape index (κ3) is 3.44. The van der Waals surface area contributed by atoms with E-state index in [1.165, 1.54) is 4.68 Å². The number of hydrogen-bond acceptors (Lipinski definition) is 6. The van der Waals surface area contributed by atoms with E-state index in [-0.39, 0.29) is 35.6 Å². The molecular weight excluding hydrogens is 334 g/mol. The van der Waals surface area contributed by atoms with Gasteiger partial charge < -0.3 is 15.8 Å². The van der Waals surface area contributed by atoms with Crippen molar-refractivity contribution in [2.24, 2.45) is 5.92 Å². The highest BCUT2D eigenvalue weighted by Gasteiger charge is 2.25. The van der Waals surface area contributed by atoms with Crippen molar-refractivity contribution in [1.82, 2.24) is 14.8 Å². The Hall–Kier alpha value is -3.16. The van der Waals surface area contributed by atoms with Crippen LogP contribution in [-0.4, -0.2) is 33.2 Å². The van der Waals surface area contributed by atoms with Gasteiger partial charge in [0.15, 0.2) is 11.5 Å². The van der Waals surface area contributed by atoms with Crippen LogP contribution in [0.1, 0.15) is 36.5 Å². The number of nitrogen functional groups attached to an aromatic ring is 1. The molecular formula is C18H21N5O3. The number of nitrogens with zero attached hydrogens (tertiary/aromatic N) is 3. The molecule has 0 radical (unpaired) electrons. The van der Waals surface area contributed by atoms with Gasteiger partial charge in [-0.1, -0.05) is 19.1 Å². The lowest BCUT2D eigenvalue weighted by atomic mass is 10.1. The molecule has 0 spiro atoms. The average molecular weight is 355 g/mol. The van der Waals surface area contributed by atoms with Crippen LogP contribution in [0.25, 0.3) is 5.69 Å². The van der Waals surface area contributed by atoms with Crippen LogP contribution in [0, 0.1) is 5.92 Å². The fraction of sp³-hybridized carbons (Fsp3) is 0.333. The van der Waals surface area contributed by atoms with Gasteiger partial charge in [-0.3, -0.25) is 9.78 Å². The zero-order valence-corrected chi connectivity index (χ0v) is 14.7. The number of carbonyl (C=O) groups is 2. The first-order valence-corrected chi connectivity index (χ1v) is 8.49. The number of pyridine rings is 1. The Kier molecular flexibility index (Phi) is 5.01. The molecule has 2 aromatic heterocycles. The highest BCUT2D eigenvalue weighted by molar-refractivity contribution is 6.01. The number of nitrogens with two attached hydrogens (primary N) is 1. The maximum atomic E-state index is 12.5. The van der Waals surface area contributed by atoms with Gasteiger partial charge in [-0.15, -0.1) is 0 Å². The number of aryl methyl sites for hydroxylation is 1. The molecule has 1 atom stereocenters. The second-order valence-electron chi connectivity index (χ2n) is 5.99. The van der Waals surface area contributed by atoms with E-state index < -0.39 is 5.97 Å². The molecule has 3 rings (SSSR count). The summed E-state index contributed by atoms with van der Waals surface area (Å²) < 4.78 is 6.46. The predicted octanol–water partition coefficient (Wildman–Crippen LogP) is 2.10. The molecule has 2 bridgehead atoms. The van der Waals surface area contributed by atoms with E-state index in [1.54, 1.807) is 26.1 Å². The summed E-state index contributed by atoms with van der Waals surface area (Å²) in [6.45, 7) is 3.69. The summed E-state index contributed by atoms with van der Waals surface area (Å²) >= 11 is 0. The molecule has 136 valence electrons. The molecule has 1 aliphatic rings. The van der Waals surface area contributed by atoms with Crippen molar-refractivity contribution in [3.8, 4) is 5.69 Å². The maximum absolute atomic E-state index is 12.5. The Morgan fingerprint density at radius 2 is 2.31 bits per heavy atom. The minimum atomic E-state index is -0.634. The van der Waals surface area contributed by atoms with Crippen molar-refractivity contribution in [2.75, 3.05) is 17.7 Å². The quantitative estimate of drug-likeness (QED) is 0.630. The molecule has 0 aliphatic carbocycles. The predicted molar refractivity (Wildman–Crippen MR) is 97.0 cm³/mol. The second kappa shape index (κ2) is 7.38. The van der Waals surface area contributed by atoms with E-state index in [0.29, 0.717) is 5.69 Å². The Balaban J connectivity index is 2.15. The zero-order chi connectivity index (χ0) is 18.7. The van der Waals surface area contributed by atoms with E-state index in [0.717, 1.165) is 18.5 Å². The molecule has 0 aromatic carbocycles. The lowest BCUT2D eigenvalue weighted by Crippen LogP contribution is -2.21. The third-order valence-electron chi connectivity index (χ3n) is 4.08. The molecule has 0 fully saturated rings. The number of anilines is 2. The van der Waals surface area contributed by atoms with Crippen molar-refractivity contribution in [3.05, 3.63) is 41.9 Å². The van der Waals surface area contributed by atoms with Gasteiger partial charge >= 0.3 is 5.97 Å². The number of ether oxygens (including phenoxy) is 1. The Morgan fingerprint density at radius 1 is 1.50 bits per heavy atom. The van der Waals surface area contributed by atoms with Gasteiger partial charge in [0.05, 0.1) is 18.2 Å². The highest BCUT2D eigenvalue weighted by atomic mass is 16.5. The van der Waals surface area contributed by atoms with E-state index in [4.69, 9.17) is 10.5 Å². The van der Waals surface area contributed by atoms with Gasteiger partial charge in [-0.25, -0.2) is 9.48 Å². The Labute approximate surface area is 151 Å². The van der Waals surface area contributed by atoms with E-state index in [9.17, 15) is 9.59 Å². The lowest BCUT2D eigenvalue weighted by molar-refractivity contribution is -0.118. The van der Waals surface area contributed by atoms with Crippen molar-refractivity contribution in [3.63, 3.8) is 0 Å². The molecule has 8 nitrogen and oxygen atoms in total. The fourth-order valence-electron chi connectivity index (χ4n) is 2.67. The average Bonchev–Trinajstić information content (AvgIpc) is 2.95. The number of fused-ring (bicyclic) bond motifs is 4. The number of esters is 1. The number of carbonyl (C=O) groups excluding carboxylic acids is 2. The lowest BCUT2D eigenvalue weighted by Gasteiger charge is -2.13. The van der Waals surface area contributed by atoms with Crippen LogP contribution in [-0.2, 0) is 16.0 Å². The van der Waals surface area contributed by atoms with Gasteiger partial charge in [0, 0.05) is 11.9 Å². The maximum Gasteiger partial charge on any atom is 0.361 e. The summed E-state index contributed by atoms with van der Waals surface area (Å²) in [6.07, 6.45) is 6.97. The minimum absolute atomic E-state index is 0.0291. The molecule has 0 saturated heterocycles. The number of aromatic nitrogens is 3. The number of hydrogen-bond donors (Lipinski definition) is 2. The van der Waals surface area contributed by atoms with Crippen molar-refractivity contribution < 1.29 is 14.3 Å². The van der Waals surface area contributed by atoms with Crippen LogP contribution >= 0.6 is 0 Å². The molecule has 3 heterocycles. The molecule has 1 aliphatic heterocycles. The second-order valence-corrected chi connectivity index (χ2v) is 5.99. The number of rotatable bonds is 2. The Bertz CT molecular complexity index is 872. The summed E-state index contributed by atoms with van der Waals surface area (Å²) in [7, 11) is 0. The molecule has 26 heavy (non-hydrogen) atoms. The molecule has 8 heteroatoms. The van der Waals surface area contributed by atoms with E-state index in [2.05, 4.69) is 15.4 Å². The van der Waals surface area contributed by atoms with Gasteiger partial charge in [0.1, 0.15) is 5.69 Å². The van der Waals surface area contributed by atoms with Crippen molar-refractivity contribution in [2.45, 2.75) is 26.7 Å². The zero-order valence-electron chi connectivity index (χ0n) is 14.7. The summed E-state index contributed by atoms with van der Waals surface area (Å²) in [5.74, 6) is -0.976. The first-order chi connectivity index (χ1) is 12.5. The largest absolute Gasteiger partial charge is 0.461 e. The van der Waals surface area contributed by atoms with Crippen LogP contribution in [0.2, 0.25) is 0 Å². The number of amides is 1. The molecule has 2 aromatic rings. The van der Waals surface area contributed by atoms with Crippen LogP contribution in [0.4, 0.5) is 11.5 Å². The van der Waals surface area contributed by atoms with Crippen LogP contribution in [0.5, 0.6) is 0 Å². The van der Waals surface area contributed by atoms with Gasteiger partial charge in [-0.2, -0.15) is 5.10 Å². The monoisotopic (exact) mass is 355 g/mol. The molecule has 1 amide bonds. The van der Waals surface area contributed by atoms with Gasteiger partial charge in [0.25, 0.3) is 0 Å². The fourth-order valence-corrected chi connectivity index (χ4v) is 2.67. The summed E-state index contributed by atoms with van der Waals surface area (Å²) in [5.41, 5.74) is 7.69. The summed E-state index contributed by atoms with van der Waals surface area (Å²) in [4.78, 5) is 29.0. The molecule has 3 N–H and O–H groups in total. The third-order valence-corrected chi connectivity index (χ3v) is 4.08. The number of nitrogens with one attached hydrogen (secondary N) is 1. The normalized spacial score (nSPS) is 16.8. The van der Waals surface area contributed by atoms with E-state index in [1.807, 2.05) is 18.2 Å². The standard InChI is InChI=1S/C18H21N5O3/c1-3-26-18(25)15-14(19)16-21-17(24)11(2)6-4-5-7-12-10-13(8-9-20-12)23(16)22-15/h4,6,8-11H,3,5,7,19H2,1-2H3,(H,21,24). The van der Waals surface area contributed by atoms with Crippen molar-refractivity contribution >= 4 is 23.4 Å². The number of allylic oxidation sites excluding steroid dienone is 1. The van der Waals surface area contributed by atoms with Gasteiger partial charge in [-0.05, 0) is 31.9 Å². The summed E-state index contributed by atoms with van der Waals surface area (Å²) in [5, 5.41) is 7.07. The van der Waals surface area contributed by atoms with Gasteiger partial charge in [0.2, 0.25) is 5.91 Å². The topological polar surface area (TPSA) is 112 Å². The SMILES string of the molecule is CCOC(=O)c1nn2c(c1N)NC(=O)C(C)C=CCCc1cc-2ccn1. The van der Waals surface area contributed by atoms with Crippen molar-refractivity contribution in [1.29, 1.82) is 0 Å².